The third-order valence-corrected chi connectivity index (χ3v) is 8.45. The van der Waals surface area contributed by atoms with Crippen LogP contribution in [0.25, 0.3) is 0 Å². The number of amides is 4. The Bertz CT molecular complexity index is 1850. The number of aliphatic carboxylic acids is 2. The lowest BCUT2D eigenvalue weighted by molar-refractivity contribution is -0.765. The molecule has 4 rings (SSSR count). The standard InChI is InChI=1S/C23H30N12O8S2.H2O4S/c1-23(2,20(40)41)43-31-11(15-30-21(26)45-32-15)16(36)29-12-17(37)35-13(19(38)39)9(8-44-18(12)35)6-34-7-10(14(25)33(34)3)28-22(42)27-5-4-24;1-5(2,3)4/h7,12,18,25H,4-6,8,24H2,1-3H3,(H7,26,27,28,29,30,32,36,38,39,40,41,42);(H2,1,2,3,4)/p-3/b31-11-;/t12-,18-;/m1./s1. The van der Waals surface area contributed by atoms with Gasteiger partial charge in [0.25, 0.3) is 11.8 Å². The van der Waals surface area contributed by atoms with E-state index in [1.54, 1.807) is 11.7 Å². The Morgan fingerprint density at radius 3 is 2.40 bits per heavy atom. The van der Waals surface area contributed by atoms with Crippen LogP contribution in [-0.2, 0) is 48.0 Å². The van der Waals surface area contributed by atoms with E-state index in [0.29, 0.717) is 5.57 Å². The first-order chi connectivity index (χ1) is 23.2. The molecule has 0 aromatic carbocycles. The van der Waals surface area contributed by atoms with Crippen LogP contribution in [-0.4, -0.2) is 108 Å². The van der Waals surface area contributed by atoms with E-state index in [1.807, 2.05) is 0 Å². The van der Waals surface area contributed by atoms with Crippen molar-refractivity contribution in [3.63, 3.8) is 0 Å². The molecule has 9 N–H and O–H groups in total. The molecule has 2 atom stereocenters. The van der Waals surface area contributed by atoms with Gasteiger partial charge < -0.3 is 61.6 Å². The molecule has 0 unspecified atom stereocenters. The molecular formula is C23H29N12O12S3-3. The number of nitrogen functional groups attached to an aromatic ring is 2. The zero-order valence-corrected chi connectivity index (χ0v) is 28.5. The van der Waals surface area contributed by atoms with Crippen LogP contribution in [0.2, 0.25) is 0 Å². The van der Waals surface area contributed by atoms with Gasteiger partial charge in [0.15, 0.2) is 28.8 Å². The van der Waals surface area contributed by atoms with Crippen molar-refractivity contribution >= 4 is 85.8 Å². The molecule has 0 saturated carbocycles. The van der Waals surface area contributed by atoms with E-state index >= 15 is 0 Å². The third kappa shape index (κ3) is 9.53. The SMILES string of the molecule is Cn1c(N)c(NC(=O)NCCN)c[n+]1CC1=C(C(=O)[O-])N2C(=O)[C@@H](NC(=O)/C(=N\OC(C)(C)C(=O)[O-])c3nsc(N)n3)[C@H]2SC1.O=S(=O)([O-])[O-]. The highest BCUT2D eigenvalue weighted by Gasteiger charge is 2.53. The number of β-lactam (4-membered cyclic amide) rings is 1. The number of thioether (sulfide) groups is 1. The van der Waals surface area contributed by atoms with Gasteiger partial charge in [0, 0.05) is 46.3 Å². The van der Waals surface area contributed by atoms with Crippen molar-refractivity contribution in [1.29, 1.82) is 0 Å². The second kappa shape index (κ2) is 15.6. The van der Waals surface area contributed by atoms with E-state index in [4.69, 9.17) is 39.6 Å². The maximum absolute atomic E-state index is 13.2. The molecular weight excluding hydrogens is 733 g/mol. The maximum Gasteiger partial charge on any atom is 0.319 e. The van der Waals surface area contributed by atoms with Gasteiger partial charge in [0.05, 0.1) is 24.7 Å². The zero-order valence-electron chi connectivity index (χ0n) is 26.1. The highest BCUT2D eigenvalue weighted by Crippen LogP contribution is 2.40. The first kappa shape index (κ1) is 39.3. The molecule has 0 spiro atoms. The average molecular weight is 762 g/mol. The summed E-state index contributed by atoms with van der Waals surface area (Å²) in [7, 11) is -3.57. The number of fused-ring (bicyclic) bond motifs is 1. The largest absolute Gasteiger partial charge is 0.759 e. The van der Waals surface area contributed by atoms with Crippen molar-refractivity contribution in [2.75, 3.05) is 35.6 Å². The van der Waals surface area contributed by atoms with Crippen molar-refractivity contribution in [1.82, 2.24) is 29.6 Å². The molecule has 4 amide bonds. The lowest BCUT2D eigenvalue weighted by Gasteiger charge is -2.50. The number of urea groups is 1. The normalized spacial score (nSPS) is 17.5. The van der Waals surface area contributed by atoms with Crippen LogP contribution in [0.15, 0.2) is 22.6 Å². The molecule has 0 bridgehead atoms. The second-order valence-electron chi connectivity index (χ2n) is 10.5. The predicted octanol–water partition coefficient (Wildman–Crippen LogP) is -6.58. The number of oxime groups is 1. The molecule has 4 heterocycles. The van der Waals surface area contributed by atoms with Crippen LogP contribution in [0.1, 0.15) is 19.7 Å². The second-order valence-corrected chi connectivity index (χ2v) is 13.2. The van der Waals surface area contributed by atoms with Gasteiger partial charge in [-0.3, -0.25) is 28.2 Å². The summed E-state index contributed by atoms with van der Waals surface area (Å²) < 4.78 is 41.0. The minimum Gasteiger partial charge on any atom is -0.759 e. The Morgan fingerprint density at radius 2 is 1.86 bits per heavy atom. The van der Waals surface area contributed by atoms with Crippen molar-refractivity contribution in [3.05, 3.63) is 23.3 Å². The number of carbonyl (C=O) groups excluding carboxylic acids is 5. The number of rotatable bonds is 12. The summed E-state index contributed by atoms with van der Waals surface area (Å²) in [6.07, 6.45) is 1.50. The summed E-state index contributed by atoms with van der Waals surface area (Å²) in [6, 6.07) is -1.74. The van der Waals surface area contributed by atoms with E-state index in [-0.39, 0.29) is 53.5 Å². The fraction of sp³-hybridized carbons (Fsp3) is 0.435. The lowest BCUT2D eigenvalue weighted by atomic mass is 10.0. The monoisotopic (exact) mass is 761 g/mol. The Kier molecular flexibility index (Phi) is 12.3. The minimum absolute atomic E-state index is 0.0229. The van der Waals surface area contributed by atoms with Gasteiger partial charge in [-0.25, -0.2) is 4.79 Å². The summed E-state index contributed by atoms with van der Waals surface area (Å²) >= 11 is 1.91. The van der Waals surface area contributed by atoms with E-state index < -0.39 is 62.9 Å². The molecule has 2 aliphatic rings. The summed E-state index contributed by atoms with van der Waals surface area (Å²) in [6.45, 7) is 2.72. The molecule has 50 heavy (non-hydrogen) atoms. The molecule has 274 valence electrons. The number of hydrogen-bond acceptors (Lipinski definition) is 20. The predicted molar refractivity (Wildman–Crippen MR) is 165 cm³/mol. The smallest absolute Gasteiger partial charge is 0.319 e. The molecule has 0 radical (unpaired) electrons. The van der Waals surface area contributed by atoms with Crippen LogP contribution in [0, 0.1) is 0 Å². The van der Waals surface area contributed by atoms with Gasteiger partial charge in [0.1, 0.15) is 11.4 Å². The number of carbonyl (C=O) groups is 5. The van der Waals surface area contributed by atoms with Crippen molar-refractivity contribution < 1.29 is 61.2 Å². The Hall–Kier alpha value is -5.09. The number of aromatic nitrogens is 4. The summed E-state index contributed by atoms with van der Waals surface area (Å²) in [5.74, 6) is -4.97. The number of carboxylic acids is 2. The average Bonchev–Trinajstić information content (AvgIpc) is 3.55. The third-order valence-electron chi connectivity index (χ3n) is 6.57. The van der Waals surface area contributed by atoms with Crippen LogP contribution >= 0.6 is 23.3 Å². The van der Waals surface area contributed by atoms with Gasteiger partial charge >= 0.3 is 6.03 Å². The molecule has 2 aromatic heterocycles. The highest BCUT2D eigenvalue weighted by molar-refractivity contribution is 8.00. The number of anilines is 3. The van der Waals surface area contributed by atoms with Crippen LogP contribution < -0.4 is 48.0 Å². The van der Waals surface area contributed by atoms with Crippen LogP contribution in [0.4, 0.5) is 21.4 Å². The van der Waals surface area contributed by atoms with E-state index in [2.05, 4.69) is 30.5 Å². The number of nitrogens with one attached hydrogen (secondary N) is 3. The summed E-state index contributed by atoms with van der Waals surface area (Å²) in [5, 5.41) is 33.9. The molecule has 2 aromatic rings. The summed E-state index contributed by atoms with van der Waals surface area (Å²) in [4.78, 5) is 71.9. The van der Waals surface area contributed by atoms with Crippen molar-refractivity contribution in [2.45, 2.75) is 37.4 Å². The number of nitrogens with zero attached hydrogens (tertiary/aromatic N) is 6. The maximum atomic E-state index is 13.2. The fourth-order valence-corrected chi connectivity index (χ4v) is 5.90. The van der Waals surface area contributed by atoms with E-state index in [0.717, 1.165) is 30.3 Å². The molecule has 0 aliphatic carbocycles. The summed E-state index contributed by atoms with van der Waals surface area (Å²) in [5.41, 5.74) is 14.8. The number of hydrogen-bond donors (Lipinski definition) is 6. The molecule has 1 fully saturated rings. The van der Waals surface area contributed by atoms with Crippen molar-refractivity contribution in [3.8, 4) is 0 Å². The van der Waals surface area contributed by atoms with Crippen LogP contribution in [0.5, 0.6) is 0 Å². The van der Waals surface area contributed by atoms with Crippen molar-refractivity contribution in [2.24, 2.45) is 17.9 Å². The first-order valence-electron chi connectivity index (χ1n) is 13.7. The Balaban J connectivity index is 0.00000126. The molecule has 1 saturated heterocycles. The van der Waals surface area contributed by atoms with E-state index in [1.165, 1.54) is 22.6 Å². The highest BCUT2D eigenvalue weighted by atomic mass is 32.3. The molecule has 2 aliphatic heterocycles. The number of carboxylic acid groups (broad SMARTS) is 2. The topological polar surface area (TPSA) is 385 Å². The fourth-order valence-electron chi connectivity index (χ4n) is 4.13. The molecule has 24 nitrogen and oxygen atoms in total. The zero-order chi connectivity index (χ0) is 37.7. The minimum atomic E-state index is -5.17. The lowest BCUT2D eigenvalue weighted by Crippen LogP contribution is -2.71. The quantitative estimate of drug-likeness (QED) is 0.0292. The Labute approximate surface area is 290 Å². The Morgan fingerprint density at radius 1 is 1.22 bits per heavy atom. The number of nitrogens with two attached hydrogens (primary N) is 3. The molecule has 27 heteroatoms. The first-order valence-corrected chi connectivity index (χ1v) is 16.8. The van der Waals surface area contributed by atoms with Crippen LogP contribution in [0.3, 0.4) is 0 Å². The van der Waals surface area contributed by atoms with Gasteiger partial charge in [-0.2, -0.15) is 9.36 Å². The van der Waals surface area contributed by atoms with Gasteiger partial charge in [-0.15, -0.1) is 21.1 Å². The van der Waals surface area contributed by atoms with Gasteiger partial charge in [-0.05, 0) is 13.8 Å². The van der Waals surface area contributed by atoms with E-state index in [9.17, 15) is 34.2 Å². The van der Waals surface area contributed by atoms with Gasteiger partial charge in [0.2, 0.25) is 17.7 Å². The van der Waals surface area contributed by atoms with Gasteiger partial charge in [-0.1, -0.05) is 5.16 Å².